The lowest BCUT2D eigenvalue weighted by molar-refractivity contribution is -0.145. The Morgan fingerprint density at radius 2 is 2.30 bits per heavy atom. The molecule has 1 unspecified atom stereocenters. The third-order valence-electron chi connectivity index (χ3n) is 1.16. The van der Waals surface area contributed by atoms with Gasteiger partial charge in [0.2, 0.25) is 0 Å². The molecule has 0 aromatic heterocycles. The number of rotatable bonds is 4. The van der Waals surface area contributed by atoms with E-state index >= 15 is 0 Å². The molecule has 0 radical (unpaired) electrons. The van der Waals surface area contributed by atoms with Crippen molar-refractivity contribution in [1.29, 1.82) is 0 Å². The van der Waals surface area contributed by atoms with Gasteiger partial charge in [0.25, 0.3) is 0 Å². The van der Waals surface area contributed by atoms with Crippen LogP contribution in [0.3, 0.4) is 0 Å². The summed E-state index contributed by atoms with van der Waals surface area (Å²) in [5, 5.41) is 0. The van der Waals surface area contributed by atoms with E-state index in [0.29, 0.717) is 0 Å². The highest BCUT2D eigenvalue weighted by molar-refractivity contribution is 7.81. The van der Waals surface area contributed by atoms with Gasteiger partial charge in [0.05, 0.1) is 11.9 Å². The van der Waals surface area contributed by atoms with Crippen molar-refractivity contribution in [2.75, 3.05) is 5.75 Å². The Balaban J connectivity index is 3.37. The maximum Gasteiger partial charge on any atom is 0.315 e. The third-order valence-corrected chi connectivity index (χ3v) is 1.42. The lowest BCUT2D eigenvalue weighted by Gasteiger charge is -2.10. The molecule has 3 heteroatoms. The molecule has 0 amide bonds. The molecular weight excluding hydrogens is 148 g/mol. The minimum atomic E-state index is -0.232. The van der Waals surface area contributed by atoms with Crippen LogP contribution >= 0.6 is 12.6 Å². The molecule has 0 aliphatic carbocycles. The van der Waals surface area contributed by atoms with Gasteiger partial charge in [-0.2, -0.15) is 12.6 Å². The van der Waals surface area contributed by atoms with Crippen molar-refractivity contribution < 1.29 is 9.53 Å². The number of carbonyl (C=O) groups excluding carboxylic acids is 1. The summed E-state index contributed by atoms with van der Waals surface area (Å²) in [4.78, 5) is 10.6. The van der Waals surface area contributed by atoms with Gasteiger partial charge in [-0.05, 0) is 13.3 Å². The number of hydrogen-bond acceptors (Lipinski definition) is 3. The Bertz CT molecular complexity index is 104. The third kappa shape index (κ3) is 4.68. The summed E-state index contributed by atoms with van der Waals surface area (Å²) in [6.07, 6.45) is 2.02. The molecule has 10 heavy (non-hydrogen) atoms. The molecule has 2 nitrogen and oxygen atoms in total. The molecule has 0 saturated heterocycles. The van der Waals surface area contributed by atoms with Gasteiger partial charge in [-0.15, -0.1) is 0 Å². The number of hydrogen-bond donors (Lipinski definition) is 1. The van der Waals surface area contributed by atoms with E-state index in [0.717, 1.165) is 12.8 Å². The molecule has 1 atom stereocenters. The maximum absolute atomic E-state index is 10.6. The minimum absolute atomic E-state index is 0.0460. The van der Waals surface area contributed by atoms with E-state index in [-0.39, 0.29) is 17.8 Å². The van der Waals surface area contributed by atoms with E-state index in [1.807, 2.05) is 6.92 Å². The van der Waals surface area contributed by atoms with E-state index < -0.39 is 0 Å². The van der Waals surface area contributed by atoms with Gasteiger partial charge < -0.3 is 4.74 Å². The van der Waals surface area contributed by atoms with E-state index in [2.05, 4.69) is 19.6 Å². The van der Waals surface area contributed by atoms with Gasteiger partial charge in [-0.1, -0.05) is 13.3 Å². The van der Waals surface area contributed by atoms with Gasteiger partial charge in [0.15, 0.2) is 0 Å². The molecule has 0 N–H and O–H groups in total. The van der Waals surface area contributed by atoms with Crippen molar-refractivity contribution >= 4 is 18.6 Å². The van der Waals surface area contributed by atoms with Crippen molar-refractivity contribution in [3.63, 3.8) is 0 Å². The fourth-order valence-electron chi connectivity index (χ4n) is 0.727. The summed E-state index contributed by atoms with van der Waals surface area (Å²) in [5.41, 5.74) is 0. The standard InChI is InChI=1S/C7H14O2S/c1-3-4-6(2)9-7(8)5-10/h6,10H,3-5H2,1-2H3. The van der Waals surface area contributed by atoms with Crippen LogP contribution in [-0.2, 0) is 9.53 Å². The van der Waals surface area contributed by atoms with Crippen LogP contribution in [0.2, 0.25) is 0 Å². The van der Waals surface area contributed by atoms with E-state index in [1.54, 1.807) is 0 Å². The summed E-state index contributed by atoms with van der Waals surface area (Å²) >= 11 is 3.78. The Hall–Kier alpha value is -0.180. The Kier molecular flexibility index (Phi) is 5.49. The first-order valence-electron chi connectivity index (χ1n) is 3.51. The van der Waals surface area contributed by atoms with Crippen LogP contribution in [-0.4, -0.2) is 17.8 Å². The van der Waals surface area contributed by atoms with E-state index in [1.165, 1.54) is 0 Å². The highest BCUT2D eigenvalue weighted by atomic mass is 32.1. The monoisotopic (exact) mass is 162 g/mol. The van der Waals surface area contributed by atoms with Gasteiger partial charge >= 0.3 is 5.97 Å². The van der Waals surface area contributed by atoms with Gasteiger partial charge in [-0.25, -0.2) is 0 Å². The zero-order chi connectivity index (χ0) is 7.98. The quantitative estimate of drug-likeness (QED) is 0.502. The van der Waals surface area contributed by atoms with Crippen molar-refractivity contribution in [3.05, 3.63) is 0 Å². The van der Waals surface area contributed by atoms with Crippen molar-refractivity contribution in [1.82, 2.24) is 0 Å². The van der Waals surface area contributed by atoms with Crippen LogP contribution in [0.25, 0.3) is 0 Å². The molecule has 0 rings (SSSR count). The highest BCUT2D eigenvalue weighted by Gasteiger charge is 2.05. The molecule has 0 heterocycles. The van der Waals surface area contributed by atoms with Gasteiger partial charge in [0, 0.05) is 0 Å². The Morgan fingerprint density at radius 3 is 2.70 bits per heavy atom. The van der Waals surface area contributed by atoms with Gasteiger partial charge in [-0.3, -0.25) is 4.79 Å². The lowest BCUT2D eigenvalue weighted by atomic mass is 10.2. The molecule has 0 aliphatic rings. The number of ether oxygens (including phenoxy) is 1. The van der Waals surface area contributed by atoms with Crippen molar-refractivity contribution in [2.45, 2.75) is 32.8 Å². The molecule has 0 aliphatic heterocycles. The fraction of sp³-hybridized carbons (Fsp3) is 0.857. The van der Waals surface area contributed by atoms with E-state index in [9.17, 15) is 4.79 Å². The number of thiol groups is 1. The normalized spacial score (nSPS) is 12.7. The van der Waals surface area contributed by atoms with Crippen LogP contribution < -0.4 is 0 Å². The average Bonchev–Trinajstić information content (AvgIpc) is 1.88. The summed E-state index contributed by atoms with van der Waals surface area (Å²) < 4.78 is 4.92. The maximum atomic E-state index is 10.6. The number of esters is 1. The SMILES string of the molecule is CCCC(C)OC(=O)CS. The Labute approximate surface area is 67.4 Å². The molecule has 60 valence electrons. The van der Waals surface area contributed by atoms with Gasteiger partial charge in [0.1, 0.15) is 0 Å². The zero-order valence-corrected chi connectivity index (χ0v) is 7.36. The van der Waals surface area contributed by atoms with Crippen LogP contribution in [0.5, 0.6) is 0 Å². The molecule has 0 saturated carbocycles. The molecule has 0 aromatic rings. The molecule has 0 aromatic carbocycles. The number of carbonyl (C=O) groups is 1. The summed E-state index contributed by atoms with van der Waals surface area (Å²) in [6.45, 7) is 3.95. The second-order valence-electron chi connectivity index (χ2n) is 2.25. The first kappa shape index (κ1) is 9.82. The van der Waals surface area contributed by atoms with Crippen molar-refractivity contribution in [2.24, 2.45) is 0 Å². The van der Waals surface area contributed by atoms with Crippen LogP contribution in [0.15, 0.2) is 0 Å². The first-order valence-corrected chi connectivity index (χ1v) is 4.14. The minimum Gasteiger partial charge on any atom is -0.462 e. The highest BCUT2D eigenvalue weighted by Crippen LogP contribution is 2.00. The molecule has 0 bridgehead atoms. The zero-order valence-electron chi connectivity index (χ0n) is 6.46. The average molecular weight is 162 g/mol. The molecule has 0 spiro atoms. The Morgan fingerprint density at radius 1 is 1.70 bits per heavy atom. The second-order valence-corrected chi connectivity index (χ2v) is 2.56. The summed E-state index contributed by atoms with van der Waals surface area (Å²) in [5.74, 6) is -0.0575. The molecular formula is C7H14O2S. The lowest BCUT2D eigenvalue weighted by Crippen LogP contribution is -2.15. The molecule has 0 fully saturated rings. The predicted octanol–water partition coefficient (Wildman–Crippen LogP) is 1.65. The largest absolute Gasteiger partial charge is 0.462 e. The fourth-order valence-corrected chi connectivity index (χ4v) is 0.802. The van der Waals surface area contributed by atoms with Crippen LogP contribution in [0.4, 0.5) is 0 Å². The van der Waals surface area contributed by atoms with Crippen molar-refractivity contribution in [3.8, 4) is 0 Å². The van der Waals surface area contributed by atoms with Crippen LogP contribution in [0, 0.1) is 0 Å². The second kappa shape index (κ2) is 5.59. The summed E-state index contributed by atoms with van der Waals surface area (Å²) in [7, 11) is 0. The topological polar surface area (TPSA) is 26.3 Å². The first-order chi connectivity index (χ1) is 4.70. The van der Waals surface area contributed by atoms with Crippen LogP contribution in [0.1, 0.15) is 26.7 Å². The smallest absolute Gasteiger partial charge is 0.315 e. The predicted molar refractivity (Wildman–Crippen MR) is 44.3 cm³/mol. The summed E-state index contributed by atoms with van der Waals surface area (Å²) in [6, 6.07) is 0. The van der Waals surface area contributed by atoms with E-state index in [4.69, 9.17) is 4.74 Å².